The van der Waals surface area contributed by atoms with Gasteiger partial charge in [-0.25, -0.2) is 0 Å². The van der Waals surface area contributed by atoms with Gasteiger partial charge in [-0.1, -0.05) is 0 Å². The second-order valence-electron chi connectivity index (χ2n) is 0.392. The number of hydrogen-bond acceptors (Lipinski definition) is 2. The average molecular weight is 199 g/mol. The molecule has 0 saturated carbocycles. The predicted molar refractivity (Wildman–Crippen MR) is 29.2 cm³/mol. The highest BCUT2D eigenvalue weighted by Crippen LogP contribution is 1.73. The minimum atomic E-state index is 1.39. The highest BCUT2D eigenvalue weighted by Gasteiger charge is 1.52. The predicted octanol–water partition coefficient (Wildman–Crippen LogP) is 1.21. The summed E-state index contributed by atoms with van der Waals surface area (Å²) < 4.78 is 1.39. The second kappa shape index (κ2) is 4.80. The molecule has 0 rings (SSSR count). The molecule has 4 nitrogen and oxygen atoms in total. The maximum absolute atomic E-state index is 7.54. The van der Waals surface area contributed by atoms with Gasteiger partial charge < -0.3 is 5.21 Å². The Hall–Kier alpha value is -0.200. The molecule has 0 amide bonds. The molecule has 0 aromatic rings. The minimum absolute atomic E-state index is 1.39. The smallest absolute Gasteiger partial charge is 0.0897 e. The number of rotatable bonds is 1. The van der Waals surface area contributed by atoms with Crippen LogP contribution < -0.4 is 0 Å². The van der Waals surface area contributed by atoms with Gasteiger partial charge in [0.1, 0.15) is 0 Å². The maximum atomic E-state index is 7.54. The van der Waals surface area contributed by atoms with Crippen LogP contribution in [0.25, 0.3) is 0 Å². The normalized spacial score (nSPS) is 11.5. The van der Waals surface area contributed by atoms with Gasteiger partial charge in [-0.3, -0.25) is 0 Å². The van der Waals surface area contributed by atoms with Gasteiger partial charge in [-0.2, -0.15) is 0 Å². The fourth-order valence-electron chi connectivity index (χ4n) is 0.0426. The lowest BCUT2D eigenvalue weighted by molar-refractivity contribution is 0.282. The van der Waals surface area contributed by atoms with Gasteiger partial charge in [-0.05, 0) is 27.8 Å². The zero-order valence-electron chi connectivity index (χ0n) is 2.74. The first-order valence-electron chi connectivity index (χ1n) is 1.08. The van der Waals surface area contributed by atoms with Crippen molar-refractivity contribution in [3.8, 4) is 0 Å². The van der Waals surface area contributed by atoms with E-state index in [-0.39, 0.29) is 0 Å². The Morgan fingerprint density at radius 3 is 2.50 bits per heavy atom. The molecule has 0 aromatic carbocycles. The fourth-order valence-corrected chi connectivity index (χ4v) is 0.154. The summed E-state index contributed by atoms with van der Waals surface area (Å²) in [6.45, 7) is 0. The van der Waals surface area contributed by atoms with E-state index < -0.39 is 0 Å². The summed E-state index contributed by atoms with van der Waals surface area (Å²) in [7, 11) is 0. The van der Waals surface area contributed by atoms with E-state index >= 15 is 0 Å². The Morgan fingerprint density at radius 2 is 2.33 bits per heavy atom. The van der Waals surface area contributed by atoms with Crippen molar-refractivity contribution in [3.05, 3.63) is 0 Å². The summed E-state index contributed by atoms with van der Waals surface area (Å²) >= 11 is 1.85. The van der Waals surface area contributed by atoms with Crippen molar-refractivity contribution in [2.24, 2.45) is 15.6 Å². The molecule has 0 aliphatic heterocycles. The molecule has 0 fully saturated rings. The summed E-state index contributed by atoms with van der Waals surface area (Å²) in [6.07, 6.45) is 0. The SMILES string of the molecule is O/N=N\N=C/I. The second-order valence-corrected chi connectivity index (χ2v) is 0.949. The van der Waals surface area contributed by atoms with Crippen LogP contribution in [0.3, 0.4) is 0 Å². The lowest BCUT2D eigenvalue weighted by atomic mass is 11.7. The molecule has 6 heavy (non-hydrogen) atoms. The van der Waals surface area contributed by atoms with Crippen LogP contribution >= 0.6 is 22.6 Å². The molecule has 34 valence electrons. The summed E-state index contributed by atoms with van der Waals surface area (Å²) in [5, 5.41) is 15.9. The van der Waals surface area contributed by atoms with Crippen molar-refractivity contribution >= 4 is 26.8 Å². The molecule has 0 unspecified atom stereocenters. The van der Waals surface area contributed by atoms with Crippen LogP contribution in [0.15, 0.2) is 15.6 Å². The Morgan fingerprint density at radius 1 is 1.67 bits per heavy atom. The molecule has 0 radical (unpaired) electrons. The fraction of sp³-hybridized carbons (Fsp3) is 0. The first-order valence-corrected chi connectivity index (χ1v) is 2.32. The molecule has 0 heterocycles. The lowest BCUT2D eigenvalue weighted by Gasteiger charge is -1.61. The van der Waals surface area contributed by atoms with Gasteiger partial charge in [-0.15, -0.1) is 5.10 Å². The zero-order chi connectivity index (χ0) is 4.83. The van der Waals surface area contributed by atoms with Gasteiger partial charge >= 0.3 is 0 Å². The van der Waals surface area contributed by atoms with Crippen LogP contribution in [0, 0.1) is 0 Å². The van der Waals surface area contributed by atoms with Gasteiger partial charge in [0, 0.05) is 5.28 Å². The summed E-state index contributed by atoms with van der Waals surface area (Å²) in [5.41, 5.74) is 0. The monoisotopic (exact) mass is 199 g/mol. The van der Waals surface area contributed by atoms with E-state index in [9.17, 15) is 0 Å². The van der Waals surface area contributed by atoms with Gasteiger partial charge in [0.05, 0.1) is 4.22 Å². The molecule has 1 N–H and O–H groups in total. The van der Waals surface area contributed by atoms with Crippen LogP contribution in [-0.4, -0.2) is 9.43 Å². The Balaban J connectivity index is 3.07. The average Bonchev–Trinajstić information content (AvgIpc) is 1.61. The van der Waals surface area contributed by atoms with E-state index in [0.29, 0.717) is 0 Å². The Labute approximate surface area is 48.1 Å². The van der Waals surface area contributed by atoms with E-state index in [1.165, 1.54) is 4.22 Å². The van der Waals surface area contributed by atoms with Gasteiger partial charge in [0.15, 0.2) is 0 Å². The van der Waals surface area contributed by atoms with E-state index in [2.05, 4.69) is 15.6 Å². The molecule has 5 heteroatoms. The van der Waals surface area contributed by atoms with Crippen LogP contribution in [0.2, 0.25) is 0 Å². The van der Waals surface area contributed by atoms with E-state index in [1.54, 1.807) is 0 Å². The van der Waals surface area contributed by atoms with Crippen LogP contribution in [0.4, 0.5) is 0 Å². The van der Waals surface area contributed by atoms with Crippen molar-refractivity contribution in [1.29, 1.82) is 0 Å². The molecular formula is CH2IN3O. The first-order chi connectivity index (χ1) is 2.91. The summed E-state index contributed by atoms with van der Waals surface area (Å²) in [5.74, 6) is 0. The first kappa shape index (κ1) is 5.80. The molecule has 0 bridgehead atoms. The van der Waals surface area contributed by atoms with Crippen LogP contribution in [0.5, 0.6) is 0 Å². The molecule has 0 aromatic heterocycles. The largest absolute Gasteiger partial charge is 0.393 e. The molecule has 0 saturated heterocycles. The maximum Gasteiger partial charge on any atom is 0.0897 e. The molecule has 0 spiro atoms. The van der Waals surface area contributed by atoms with Gasteiger partial charge in [0.2, 0.25) is 0 Å². The van der Waals surface area contributed by atoms with Crippen molar-refractivity contribution in [1.82, 2.24) is 0 Å². The minimum Gasteiger partial charge on any atom is -0.393 e. The molecule has 0 atom stereocenters. The van der Waals surface area contributed by atoms with Crippen molar-refractivity contribution < 1.29 is 5.21 Å². The topological polar surface area (TPSA) is 57.3 Å². The van der Waals surface area contributed by atoms with Crippen LogP contribution in [0.1, 0.15) is 0 Å². The van der Waals surface area contributed by atoms with Gasteiger partial charge in [0.25, 0.3) is 0 Å². The lowest BCUT2D eigenvalue weighted by Crippen LogP contribution is -1.46. The van der Waals surface area contributed by atoms with Crippen molar-refractivity contribution in [2.45, 2.75) is 0 Å². The van der Waals surface area contributed by atoms with E-state index in [4.69, 9.17) is 5.21 Å². The van der Waals surface area contributed by atoms with E-state index in [0.717, 1.165) is 0 Å². The third-order valence-electron chi connectivity index (χ3n) is 0.135. The number of nitrogens with zero attached hydrogens (tertiary/aromatic N) is 3. The molecule has 0 aliphatic carbocycles. The van der Waals surface area contributed by atoms with E-state index in [1.807, 2.05) is 22.6 Å². The molecular weight excluding hydrogens is 197 g/mol. The Kier molecular flexibility index (Phi) is 4.64. The third kappa shape index (κ3) is 3.80. The standard InChI is InChI=1S/CH2IN3O/c2-1-3-4-5-6/h1H,(H,4,6)/b3-1-. The third-order valence-corrected chi connectivity index (χ3v) is 0.384. The summed E-state index contributed by atoms with van der Waals surface area (Å²) in [4.78, 5) is 0. The highest BCUT2D eigenvalue weighted by molar-refractivity contribution is 14.1. The van der Waals surface area contributed by atoms with Crippen molar-refractivity contribution in [2.75, 3.05) is 0 Å². The molecule has 0 aliphatic rings. The Bertz CT molecular complexity index is 59.2. The van der Waals surface area contributed by atoms with Crippen LogP contribution in [-0.2, 0) is 0 Å². The summed E-state index contributed by atoms with van der Waals surface area (Å²) in [6, 6.07) is 0. The van der Waals surface area contributed by atoms with Crippen molar-refractivity contribution in [3.63, 3.8) is 0 Å². The number of hydrogen-bond donors (Lipinski definition) is 1. The quantitative estimate of drug-likeness (QED) is 0.293. The number of halogens is 1. The zero-order valence-corrected chi connectivity index (χ0v) is 4.90. The highest BCUT2D eigenvalue weighted by atomic mass is 127.